The number of halogens is 2. The molecule has 0 radical (unpaired) electrons. The van der Waals surface area contributed by atoms with Crippen LogP contribution in [0.25, 0.3) is 0 Å². The Hall–Kier alpha value is -2.52. The molecule has 3 aromatic rings. The van der Waals surface area contributed by atoms with E-state index >= 15 is 0 Å². The van der Waals surface area contributed by atoms with E-state index in [2.05, 4.69) is 4.98 Å². The number of anilines is 1. The summed E-state index contributed by atoms with van der Waals surface area (Å²) in [5.41, 5.74) is 2.71. The summed E-state index contributed by atoms with van der Waals surface area (Å²) in [6.45, 7) is 6.08. The van der Waals surface area contributed by atoms with Crippen LogP contribution in [0.1, 0.15) is 29.3 Å². The Labute approximate surface area is 185 Å². The number of aryl methyl sites for hydroxylation is 3. The Kier molecular flexibility index (Phi) is 6.96. The molecule has 0 saturated heterocycles. The van der Waals surface area contributed by atoms with Gasteiger partial charge in [-0.2, -0.15) is 8.42 Å². The number of hydrogen-bond donors (Lipinski definition) is 0. The van der Waals surface area contributed by atoms with Gasteiger partial charge in [-0.15, -0.1) is 11.3 Å². The van der Waals surface area contributed by atoms with Crippen LogP contribution in [0, 0.1) is 26.6 Å². The molecule has 0 spiro atoms. The second kappa shape index (κ2) is 9.32. The van der Waals surface area contributed by atoms with Crippen molar-refractivity contribution in [3.63, 3.8) is 0 Å². The number of rotatable bonds is 8. The van der Waals surface area contributed by atoms with Gasteiger partial charge in [0.25, 0.3) is 10.0 Å². The average molecular weight is 467 g/mol. The van der Waals surface area contributed by atoms with E-state index in [1.807, 2.05) is 31.2 Å². The molecule has 1 unspecified atom stereocenters. The minimum absolute atomic E-state index is 0.0624. The normalized spacial score (nSPS) is 12.6. The molecule has 166 valence electrons. The Morgan fingerprint density at radius 3 is 2.42 bits per heavy atom. The van der Waals surface area contributed by atoms with E-state index in [0.29, 0.717) is 11.3 Å². The van der Waals surface area contributed by atoms with Crippen molar-refractivity contribution in [1.29, 1.82) is 0 Å². The van der Waals surface area contributed by atoms with E-state index in [1.54, 1.807) is 19.2 Å². The van der Waals surface area contributed by atoms with Crippen LogP contribution in [-0.4, -0.2) is 26.1 Å². The van der Waals surface area contributed by atoms with Crippen molar-refractivity contribution in [1.82, 2.24) is 4.98 Å². The molecule has 1 aromatic heterocycles. The predicted molar refractivity (Wildman–Crippen MR) is 119 cm³/mol. The van der Waals surface area contributed by atoms with Gasteiger partial charge in [0.2, 0.25) is 4.34 Å². The van der Waals surface area contributed by atoms with Crippen LogP contribution in [0.15, 0.2) is 46.1 Å². The maximum Gasteiger partial charge on any atom is 0.291 e. The van der Waals surface area contributed by atoms with E-state index in [0.717, 1.165) is 32.8 Å². The summed E-state index contributed by atoms with van der Waals surface area (Å²) in [5.74, 6) is -0.461. The topological polar surface area (TPSA) is 59.5 Å². The van der Waals surface area contributed by atoms with Crippen LogP contribution in [-0.2, 0) is 16.6 Å². The highest BCUT2D eigenvalue weighted by atomic mass is 32.2. The lowest BCUT2D eigenvalue weighted by molar-refractivity contribution is 0.305. The van der Waals surface area contributed by atoms with Gasteiger partial charge in [-0.3, -0.25) is 4.31 Å². The van der Waals surface area contributed by atoms with Gasteiger partial charge >= 0.3 is 0 Å². The van der Waals surface area contributed by atoms with E-state index in [9.17, 15) is 17.2 Å². The van der Waals surface area contributed by atoms with Gasteiger partial charge in [-0.05, 0) is 44.9 Å². The third-order valence-electron chi connectivity index (χ3n) is 4.55. The lowest BCUT2D eigenvalue weighted by Crippen LogP contribution is -2.36. The molecular weight excluding hydrogens is 442 g/mol. The molecule has 0 amide bonds. The van der Waals surface area contributed by atoms with Crippen molar-refractivity contribution >= 4 is 27.0 Å². The van der Waals surface area contributed by atoms with Crippen LogP contribution in [0.5, 0.6) is 5.75 Å². The highest BCUT2D eigenvalue weighted by Gasteiger charge is 2.32. The van der Waals surface area contributed by atoms with Gasteiger partial charge in [0, 0.05) is 17.1 Å². The summed E-state index contributed by atoms with van der Waals surface area (Å²) < 4.78 is 61.6. The summed E-state index contributed by atoms with van der Waals surface area (Å²) in [5, 5.41) is 1.59. The smallest absolute Gasteiger partial charge is 0.291 e. The number of sulfonamides is 1. The Morgan fingerprint density at radius 1 is 1.16 bits per heavy atom. The largest absolute Gasteiger partial charge is 0.487 e. The van der Waals surface area contributed by atoms with Gasteiger partial charge < -0.3 is 4.74 Å². The number of nitrogens with zero attached hydrogens (tertiary/aromatic N) is 2. The highest BCUT2D eigenvalue weighted by molar-refractivity contribution is 7.94. The fourth-order valence-electron chi connectivity index (χ4n) is 2.90. The number of aromatic nitrogens is 1. The Bertz CT molecular complexity index is 1160. The van der Waals surface area contributed by atoms with E-state index in [-0.39, 0.29) is 22.4 Å². The molecule has 31 heavy (non-hydrogen) atoms. The van der Waals surface area contributed by atoms with Crippen LogP contribution in [0.3, 0.4) is 0 Å². The zero-order chi connectivity index (χ0) is 22.8. The number of benzene rings is 2. The number of hydrogen-bond acceptors (Lipinski definition) is 5. The van der Waals surface area contributed by atoms with Gasteiger partial charge in [0.15, 0.2) is 0 Å². The molecule has 9 heteroatoms. The van der Waals surface area contributed by atoms with Crippen molar-refractivity contribution < 1.29 is 21.9 Å². The molecule has 1 atom stereocenters. The summed E-state index contributed by atoms with van der Waals surface area (Å²) in [6.07, 6.45) is -1.50. The average Bonchev–Trinajstić information content (AvgIpc) is 3.15. The van der Waals surface area contributed by atoms with Crippen LogP contribution in [0.4, 0.5) is 14.5 Å². The first kappa shape index (κ1) is 23.1. The summed E-state index contributed by atoms with van der Waals surface area (Å²) in [4.78, 5) is 4.04. The fourth-order valence-corrected chi connectivity index (χ4v) is 5.57. The van der Waals surface area contributed by atoms with Crippen molar-refractivity contribution in [2.24, 2.45) is 0 Å². The maximum atomic E-state index is 14.5. The van der Waals surface area contributed by atoms with Gasteiger partial charge in [0.05, 0.1) is 12.2 Å². The van der Waals surface area contributed by atoms with E-state index in [4.69, 9.17) is 4.74 Å². The number of alkyl halides is 1. The second-order valence-electron chi connectivity index (χ2n) is 7.42. The second-order valence-corrected chi connectivity index (χ2v) is 10.3. The molecule has 0 bridgehead atoms. The summed E-state index contributed by atoms with van der Waals surface area (Å²) in [6, 6.07) is 10.1. The molecule has 1 heterocycles. The van der Waals surface area contributed by atoms with Gasteiger partial charge in [0.1, 0.15) is 24.3 Å². The third kappa shape index (κ3) is 5.40. The first-order valence-corrected chi connectivity index (χ1v) is 12.0. The lowest BCUT2D eigenvalue weighted by atomic mass is 10.1. The predicted octanol–water partition coefficient (Wildman–Crippen LogP) is 5.34. The molecule has 0 saturated carbocycles. The summed E-state index contributed by atoms with van der Waals surface area (Å²) in [7, 11) is -4.21. The minimum Gasteiger partial charge on any atom is -0.487 e. The molecule has 0 N–H and O–H groups in total. The van der Waals surface area contributed by atoms with E-state index < -0.39 is 28.6 Å². The highest BCUT2D eigenvalue weighted by Crippen LogP contribution is 2.36. The van der Waals surface area contributed by atoms with Crippen molar-refractivity contribution in [3.05, 3.63) is 70.0 Å². The van der Waals surface area contributed by atoms with Crippen LogP contribution < -0.4 is 9.04 Å². The van der Waals surface area contributed by atoms with Gasteiger partial charge in [-0.25, -0.2) is 13.8 Å². The van der Waals surface area contributed by atoms with Crippen molar-refractivity contribution in [2.45, 2.75) is 44.8 Å². The number of ether oxygens (including phenoxy) is 1. The Balaban J connectivity index is 2.05. The lowest BCUT2D eigenvalue weighted by Gasteiger charge is -2.26. The van der Waals surface area contributed by atoms with Gasteiger partial charge in [-0.1, -0.05) is 29.8 Å². The molecule has 5 nitrogen and oxygen atoms in total. The molecule has 0 aliphatic heterocycles. The van der Waals surface area contributed by atoms with Crippen LogP contribution in [0.2, 0.25) is 0 Å². The number of thiazole rings is 1. The van der Waals surface area contributed by atoms with Crippen molar-refractivity contribution in [3.8, 4) is 5.75 Å². The molecular formula is C22H24F2N2O3S2. The monoisotopic (exact) mass is 466 g/mol. The molecule has 0 aliphatic rings. The molecule has 0 fully saturated rings. The Morgan fingerprint density at radius 2 is 1.84 bits per heavy atom. The zero-order valence-corrected chi connectivity index (χ0v) is 19.4. The standard InChI is InChI=1S/C22H24F2N2O3S2/c1-14-5-7-18(8-6-14)12-29-21-9-15(2)19(24)10-20(21)26(11-16(3)23)31(27,28)22-25-17(4)13-30-22/h5-10,13,16H,11-12H2,1-4H3. The molecule has 2 aromatic carbocycles. The first-order valence-electron chi connectivity index (χ1n) is 9.65. The zero-order valence-electron chi connectivity index (χ0n) is 17.7. The molecule has 3 rings (SSSR count). The minimum atomic E-state index is -4.21. The first-order chi connectivity index (χ1) is 14.6. The van der Waals surface area contributed by atoms with Crippen LogP contribution >= 0.6 is 11.3 Å². The summed E-state index contributed by atoms with van der Waals surface area (Å²) >= 11 is 0.934. The SMILES string of the molecule is Cc1ccc(COc2cc(C)c(F)cc2N(CC(C)F)S(=O)(=O)c2nc(C)cs2)cc1. The third-order valence-corrected chi connectivity index (χ3v) is 7.68. The molecule has 0 aliphatic carbocycles. The quantitative estimate of drug-likeness (QED) is 0.450. The fraction of sp³-hybridized carbons (Fsp3) is 0.318. The van der Waals surface area contributed by atoms with E-state index in [1.165, 1.54) is 13.0 Å². The van der Waals surface area contributed by atoms with Crippen molar-refractivity contribution in [2.75, 3.05) is 10.8 Å². The maximum absolute atomic E-state index is 14.5.